The lowest BCUT2D eigenvalue weighted by Crippen LogP contribution is -2.27. The van der Waals surface area contributed by atoms with E-state index in [-0.39, 0.29) is 5.41 Å². The molecule has 0 aliphatic carbocycles. The zero-order valence-corrected chi connectivity index (χ0v) is 10.9. The zero-order valence-electron chi connectivity index (χ0n) is 10.9. The van der Waals surface area contributed by atoms with Crippen molar-refractivity contribution in [3.63, 3.8) is 0 Å². The molecule has 0 spiro atoms. The molecule has 0 aromatic carbocycles. The van der Waals surface area contributed by atoms with Crippen molar-refractivity contribution >= 4 is 11.6 Å². The van der Waals surface area contributed by atoms with Gasteiger partial charge in [-0.1, -0.05) is 13.8 Å². The van der Waals surface area contributed by atoms with Crippen molar-refractivity contribution in [3.05, 3.63) is 36.4 Å². The quantitative estimate of drug-likeness (QED) is 0.563. The van der Waals surface area contributed by atoms with Crippen molar-refractivity contribution in [2.24, 2.45) is 0 Å². The number of hydrogen-bond acceptors (Lipinski definition) is 5. The molecule has 0 fully saturated rings. The average Bonchev–Trinajstić information content (AvgIpc) is 2.92. The van der Waals surface area contributed by atoms with Crippen LogP contribution in [0.25, 0.3) is 0 Å². The molecular formula is C13H16N6. The highest BCUT2D eigenvalue weighted by Gasteiger charge is 2.20. The Bertz CT molecular complexity index is 567. The van der Waals surface area contributed by atoms with Gasteiger partial charge in [0.05, 0.1) is 0 Å². The Hall–Kier alpha value is -2.55. The summed E-state index contributed by atoms with van der Waals surface area (Å²) in [5.41, 5.74) is 1.21. The first-order valence-electron chi connectivity index (χ1n) is 5.96. The predicted octanol–water partition coefficient (Wildman–Crippen LogP) is 2.09. The van der Waals surface area contributed by atoms with Gasteiger partial charge in [-0.15, -0.1) is 0 Å². The first-order chi connectivity index (χ1) is 9.12. The summed E-state index contributed by atoms with van der Waals surface area (Å²) >= 11 is 0. The fourth-order valence-electron chi connectivity index (χ4n) is 1.74. The minimum atomic E-state index is -0.0201. The number of nitrogens with zero attached hydrogens (tertiary/aromatic N) is 3. The first-order valence-corrected chi connectivity index (χ1v) is 5.96. The summed E-state index contributed by atoms with van der Waals surface area (Å²) in [5.74, 6) is 1.18. The van der Waals surface area contributed by atoms with E-state index in [4.69, 9.17) is 5.26 Å². The molecule has 0 amide bonds. The lowest BCUT2D eigenvalue weighted by Gasteiger charge is -2.24. The molecule has 0 saturated heterocycles. The van der Waals surface area contributed by atoms with Gasteiger partial charge in [-0.05, 0) is 11.6 Å². The lowest BCUT2D eigenvalue weighted by molar-refractivity contribution is 0.557. The van der Waals surface area contributed by atoms with Gasteiger partial charge in [0.15, 0.2) is 6.19 Å². The minimum absolute atomic E-state index is 0.0201. The Balaban J connectivity index is 2.03. The van der Waals surface area contributed by atoms with Gasteiger partial charge in [-0.25, -0.2) is 9.97 Å². The van der Waals surface area contributed by atoms with Crippen LogP contribution in [0.15, 0.2) is 30.9 Å². The van der Waals surface area contributed by atoms with Crippen LogP contribution < -0.4 is 10.6 Å². The van der Waals surface area contributed by atoms with Crippen LogP contribution >= 0.6 is 0 Å². The number of hydrogen-bond donors (Lipinski definition) is 3. The molecule has 0 unspecified atom stereocenters. The molecule has 98 valence electrons. The molecule has 0 aliphatic rings. The second kappa shape index (κ2) is 5.40. The van der Waals surface area contributed by atoms with Crippen molar-refractivity contribution in [2.75, 3.05) is 17.2 Å². The minimum Gasteiger partial charge on any atom is -0.369 e. The fraction of sp³-hybridized carbons (Fsp3) is 0.308. The Morgan fingerprint density at radius 1 is 1.37 bits per heavy atom. The Kier molecular flexibility index (Phi) is 3.66. The summed E-state index contributed by atoms with van der Waals surface area (Å²) in [6.07, 6.45) is 7.16. The SMILES string of the molecule is CC(C)(CNc1cc(NC#N)ncn1)c1cc[nH]c1. The second-order valence-electron chi connectivity index (χ2n) is 4.86. The Morgan fingerprint density at radius 3 is 2.84 bits per heavy atom. The number of aromatic amines is 1. The van der Waals surface area contributed by atoms with Crippen molar-refractivity contribution in [2.45, 2.75) is 19.3 Å². The van der Waals surface area contributed by atoms with Crippen molar-refractivity contribution in [3.8, 4) is 6.19 Å². The molecule has 3 N–H and O–H groups in total. The van der Waals surface area contributed by atoms with Crippen molar-refractivity contribution in [1.29, 1.82) is 5.26 Å². The van der Waals surface area contributed by atoms with Gasteiger partial charge in [0.1, 0.15) is 18.0 Å². The normalized spacial score (nSPS) is 10.8. The van der Waals surface area contributed by atoms with Crippen LogP contribution in [-0.4, -0.2) is 21.5 Å². The molecule has 2 aromatic heterocycles. The fourth-order valence-corrected chi connectivity index (χ4v) is 1.74. The summed E-state index contributed by atoms with van der Waals surface area (Å²) in [6.45, 7) is 5.03. The molecule has 0 aliphatic heterocycles. The standard InChI is InChI=1S/C13H16N6/c1-13(2,10-3-4-15-6-10)7-16-11-5-12(17-8-14)19-9-18-11/h3-6,9,15H,7H2,1-2H3,(H2,16,17,18,19). The van der Waals surface area contributed by atoms with Crippen molar-refractivity contribution < 1.29 is 0 Å². The Morgan fingerprint density at radius 2 is 2.16 bits per heavy atom. The largest absolute Gasteiger partial charge is 0.369 e. The van der Waals surface area contributed by atoms with E-state index < -0.39 is 0 Å². The summed E-state index contributed by atoms with van der Waals surface area (Å²) < 4.78 is 0. The van der Waals surface area contributed by atoms with E-state index in [0.29, 0.717) is 11.6 Å². The molecule has 6 nitrogen and oxygen atoms in total. The topological polar surface area (TPSA) is 89.4 Å². The molecule has 2 rings (SSSR count). The van der Waals surface area contributed by atoms with E-state index >= 15 is 0 Å². The van der Waals surface area contributed by atoms with Gasteiger partial charge in [-0.2, -0.15) is 5.26 Å². The maximum Gasteiger partial charge on any atom is 0.182 e. The highest BCUT2D eigenvalue weighted by atomic mass is 15.1. The summed E-state index contributed by atoms with van der Waals surface area (Å²) in [7, 11) is 0. The monoisotopic (exact) mass is 256 g/mol. The number of anilines is 2. The van der Waals surface area contributed by atoms with E-state index in [9.17, 15) is 0 Å². The number of rotatable bonds is 5. The molecule has 0 radical (unpaired) electrons. The third-order valence-corrected chi connectivity index (χ3v) is 2.94. The molecule has 0 bridgehead atoms. The molecule has 2 aromatic rings. The third kappa shape index (κ3) is 3.22. The summed E-state index contributed by atoms with van der Waals surface area (Å²) in [5, 5.41) is 14.3. The van der Waals surface area contributed by atoms with E-state index in [1.54, 1.807) is 6.07 Å². The van der Waals surface area contributed by atoms with Crippen LogP contribution in [0.2, 0.25) is 0 Å². The maximum absolute atomic E-state index is 8.55. The van der Waals surface area contributed by atoms with Gasteiger partial charge in [-0.3, -0.25) is 5.32 Å². The highest BCUT2D eigenvalue weighted by molar-refractivity contribution is 5.48. The number of H-pyrrole nitrogens is 1. The van der Waals surface area contributed by atoms with Gasteiger partial charge in [0.2, 0.25) is 0 Å². The average molecular weight is 256 g/mol. The molecule has 0 atom stereocenters. The van der Waals surface area contributed by atoms with Gasteiger partial charge in [0.25, 0.3) is 0 Å². The third-order valence-electron chi connectivity index (χ3n) is 2.94. The van der Waals surface area contributed by atoms with Crippen LogP contribution in [0.4, 0.5) is 11.6 Å². The molecule has 6 heteroatoms. The summed E-state index contributed by atoms with van der Waals surface area (Å²) in [6, 6.07) is 3.76. The zero-order chi connectivity index (χ0) is 13.7. The van der Waals surface area contributed by atoms with E-state index in [2.05, 4.69) is 45.5 Å². The van der Waals surface area contributed by atoms with Crippen LogP contribution in [0, 0.1) is 11.5 Å². The smallest absolute Gasteiger partial charge is 0.182 e. The van der Waals surface area contributed by atoms with Crippen LogP contribution in [-0.2, 0) is 5.41 Å². The molecule has 19 heavy (non-hydrogen) atoms. The van der Waals surface area contributed by atoms with Gasteiger partial charge >= 0.3 is 0 Å². The van der Waals surface area contributed by atoms with Gasteiger partial charge < -0.3 is 10.3 Å². The van der Waals surface area contributed by atoms with Gasteiger partial charge in [0, 0.05) is 30.4 Å². The molecule has 0 saturated carbocycles. The first kappa shape index (κ1) is 12.9. The van der Waals surface area contributed by atoms with E-state index in [1.807, 2.05) is 18.6 Å². The highest BCUT2D eigenvalue weighted by Crippen LogP contribution is 2.23. The van der Waals surface area contributed by atoms with Crippen LogP contribution in [0.3, 0.4) is 0 Å². The maximum atomic E-state index is 8.55. The number of nitrogens with one attached hydrogen (secondary N) is 3. The van der Waals surface area contributed by atoms with E-state index in [1.165, 1.54) is 11.9 Å². The number of aromatic nitrogens is 3. The predicted molar refractivity (Wildman–Crippen MR) is 73.6 cm³/mol. The van der Waals surface area contributed by atoms with Crippen molar-refractivity contribution in [1.82, 2.24) is 15.0 Å². The Labute approximate surface area is 111 Å². The van der Waals surface area contributed by atoms with Crippen LogP contribution in [0.1, 0.15) is 19.4 Å². The van der Waals surface area contributed by atoms with Crippen LogP contribution in [0.5, 0.6) is 0 Å². The summed E-state index contributed by atoms with van der Waals surface area (Å²) in [4.78, 5) is 11.1. The second-order valence-corrected chi connectivity index (χ2v) is 4.86. The molecular weight excluding hydrogens is 240 g/mol. The number of nitriles is 1. The lowest BCUT2D eigenvalue weighted by atomic mass is 9.86. The van der Waals surface area contributed by atoms with E-state index in [0.717, 1.165) is 6.54 Å². The molecule has 2 heterocycles.